The van der Waals surface area contributed by atoms with Gasteiger partial charge in [-0.05, 0) is 55.8 Å². The van der Waals surface area contributed by atoms with Gasteiger partial charge >= 0.3 is 0 Å². The summed E-state index contributed by atoms with van der Waals surface area (Å²) < 4.78 is 0. The van der Waals surface area contributed by atoms with Gasteiger partial charge in [0.05, 0.1) is 0 Å². The van der Waals surface area contributed by atoms with Crippen LogP contribution in [0, 0.1) is 0 Å². The van der Waals surface area contributed by atoms with Gasteiger partial charge in [0.1, 0.15) is 0 Å². The summed E-state index contributed by atoms with van der Waals surface area (Å²) in [5.74, 6) is 0. The Morgan fingerprint density at radius 2 is 2.21 bits per heavy atom. The number of aryl methyl sites for hydroxylation is 1. The molecule has 0 bridgehead atoms. The van der Waals surface area contributed by atoms with Crippen molar-refractivity contribution in [3.63, 3.8) is 0 Å². The van der Waals surface area contributed by atoms with E-state index in [1.54, 1.807) is 0 Å². The van der Waals surface area contributed by atoms with Gasteiger partial charge in [-0.2, -0.15) is 0 Å². The molecule has 0 radical (unpaired) electrons. The van der Waals surface area contributed by atoms with Crippen LogP contribution in [0.3, 0.4) is 0 Å². The fourth-order valence-corrected chi connectivity index (χ4v) is 2.95. The van der Waals surface area contributed by atoms with E-state index in [1.165, 1.54) is 17.0 Å². The van der Waals surface area contributed by atoms with Gasteiger partial charge < -0.3 is 5.32 Å². The predicted molar refractivity (Wildman–Crippen MR) is 82.7 cm³/mol. The molecular formula is C16H22N2S. The first-order valence-electron chi connectivity index (χ1n) is 7.04. The molecule has 3 heteroatoms. The molecule has 0 fully saturated rings. The van der Waals surface area contributed by atoms with Crippen LogP contribution in [0.5, 0.6) is 0 Å². The molecule has 2 aromatic rings. The minimum absolute atomic E-state index is 0.556. The highest BCUT2D eigenvalue weighted by molar-refractivity contribution is 7.09. The lowest BCUT2D eigenvalue weighted by Crippen LogP contribution is -2.32. The zero-order chi connectivity index (χ0) is 13.3. The van der Waals surface area contributed by atoms with Crippen molar-refractivity contribution < 1.29 is 0 Å². The Morgan fingerprint density at radius 1 is 1.26 bits per heavy atom. The average molecular weight is 274 g/mol. The van der Waals surface area contributed by atoms with E-state index in [0.717, 1.165) is 25.8 Å². The second kappa shape index (κ2) is 8.08. The van der Waals surface area contributed by atoms with E-state index in [-0.39, 0.29) is 0 Å². The number of pyridine rings is 1. The first kappa shape index (κ1) is 14.2. The monoisotopic (exact) mass is 274 g/mol. The van der Waals surface area contributed by atoms with Crippen LogP contribution in [0.4, 0.5) is 0 Å². The lowest BCUT2D eigenvalue weighted by molar-refractivity contribution is 0.478. The molecule has 0 aliphatic rings. The molecule has 0 aliphatic heterocycles. The van der Waals surface area contributed by atoms with Gasteiger partial charge in [0.15, 0.2) is 0 Å². The van der Waals surface area contributed by atoms with Crippen molar-refractivity contribution >= 4 is 11.3 Å². The Balaban J connectivity index is 1.86. The van der Waals surface area contributed by atoms with Crippen LogP contribution < -0.4 is 5.32 Å². The van der Waals surface area contributed by atoms with Gasteiger partial charge in [0.25, 0.3) is 0 Å². The molecule has 1 atom stereocenters. The third-order valence-corrected chi connectivity index (χ3v) is 4.08. The zero-order valence-corrected chi connectivity index (χ0v) is 12.3. The second-order valence-electron chi connectivity index (χ2n) is 4.79. The third kappa shape index (κ3) is 5.13. The molecule has 1 unspecified atom stereocenters. The maximum atomic E-state index is 4.40. The fraction of sp³-hybridized carbons (Fsp3) is 0.438. The summed E-state index contributed by atoms with van der Waals surface area (Å²) in [6, 6.07) is 11.1. The van der Waals surface area contributed by atoms with Gasteiger partial charge in [-0.25, -0.2) is 0 Å². The van der Waals surface area contributed by atoms with Crippen molar-refractivity contribution in [2.45, 2.75) is 38.6 Å². The second-order valence-corrected chi connectivity index (χ2v) is 5.83. The summed E-state index contributed by atoms with van der Waals surface area (Å²) in [6.45, 7) is 3.31. The van der Waals surface area contributed by atoms with Crippen LogP contribution in [0.15, 0.2) is 41.9 Å². The average Bonchev–Trinajstić information content (AvgIpc) is 2.96. The Labute approximate surface area is 119 Å². The van der Waals surface area contributed by atoms with Crippen LogP contribution in [0.25, 0.3) is 0 Å². The van der Waals surface area contributed by atoms with Gasteiger partial charge in [-0.1, -0.05) is 19.1 Å². The number of nitrogens with zero attached hydrogens (tertiary/aromatic N) is 1. The molecule has 2 heterocycles. The number of hydrogen-bond acceptors (Lipinski definition) is 3. The molecule has 2 rings (SSSR count). The highest BCUT2D eigenvalue weighted by Crippen LogP contribution is 2.14. The maximum Gasteiger partial charge on any atom is 0.0404 e. The van der Waals surface area contributed by atoms with E-state index in [2.05, 4.69) is 46.9 Å². The summed E-state index contributed by atoms with van der Waals surface area (Å²) >= 11 is 1.85. The summed E-state index contributed by atoms with van der Waals surface area (Å²) in [5, 5.41) is 5.81. The Hall–Kier alpha value is -1.19. The van der Waals surface area contributed by atoms with Gasteiger partial charge in [-0.3, -0.25) is 4.98 Å². The predicted octanol–water partition coefficient (Wildman–Crippen LogP) is 3.69. The molecular weight excluding hydrogens is 252 g/mol. The number of aromatic nitrogens is 1. The summed E-state index contributed by atoms with van der Waals surface area (Å²) in [7, 11) is 0. The molecule has 19 heavy (non-hydrogen) atoms. The van der Waals surface area contributed by atoms with E-state index in [9.17, 15) is 0 Å². The molecule has 2 aromatic heterocycles. The smallest absolute Gasteiger partial charge is 0.0404 e. The van der Waals surface area contributed by atoms with Crippen molar-refractivity contribution in [1.29, 1.82) is 0 Å². The van der Waals surface area contributed by atoms with Crippen molar-refractivity contribution in [3.8, 4) is 0 Å². The molecule has 0 amide bonds. The topological polar surface area (TPSA) is 24.9 Å². The van der Waals surface area contributed by atoms with Gasteiger partial charge in [-0.15, -0.1) is 11.3 Å². The van der Waals surface area contributed by atoms with Crippen LogP contribution in [-0.4, -0.2) is 17.6 Å². The molecule has 0 aromatic carbocycles. The van der Waals surface area contributed by atoms with Crippen LogP contribution >= 0.6 is 11.3 Å². The fourth-order valence-electron chi connectivity index (χ4n) is 2.16. The largest absolute Gasteiger partial charge is 0.314 e. The highest BCUT2D eigenvalue weighted by atomic mass is 32.1. The Morgan fingerprint density at radius 3 is 2.89 bits per heavy atom. The standard InChI is InChI=1S/C16H22N2S/c1-2-10-17-15(13-16-7-5-12-19-16)9-8-14-6-3-4-11-18-14/h3-7,11-12,15,17H,2,8-10,13H2,1H3. The summed E-state index contributed by atoms with van der Waals surface area (Å²) in [4.78, 5) is 5.87. The van der Waals surface area contributed by atoms with Crippen LogP contribution in [0.2, 0.25) is 0 Å². The van der Waals surface area contributed by atoms with E-state index in [1.807, 2.05) is 23.6 Å². The van der Waals surface area contributed by atoms with E-state index >= 15 is 0 Å². The lowest BCUT2D eigenvalue weighted by Gasteiger charge is -2.17. The number of hydrogen-bond donors (Lipinski definition) is 1. The maximum absolute atomic E-state index is 4.40. The first-order valence-corrected chi connectivity index (χ1v) is 7.92. The van der Waals surface area contributed by atoms with E-state index in [4.69, 9.17) is 0 Å². The van der Waals surface area contributed by atoms with E-state index in [0.29, 0.717) is 6.04 Å². The van der Waals surface area contributed by atoms with Crippen molar-refractivity contribution in [2.24, 2.45) is 0 Å². The number of nitrogens with one attached hydrogen (secondary N) is 1. The molecule has 102 valence electrons. The lowest BCUT2D eigenvalue weighted by atomic mass is 10.0. The zero-order valence-electron chi connectivity index (χ0n) is 11.5. The highest BCUT2D eigenvalue weighted by Gasteiger charge is 2.10. The first-order chi connectivity index (χ1) is 9.38. The number of rotatable bonds is 8. The molecule has 0 saturated heterocycles. The van der Waals surface area contributed by atoms with Crippen molar-refractivity contribution in [2.75, 3.05) is 6.54 Å². The third-order valence-electron chi connectivity index (χ3n) is 3.19. The molecule has 0 saturated carbocycles. The molecule has 1 N–H and O–H groups in total. The number of thiophene rings is 1. The van der Waals surface area contributed by atoms with Gasteiger partial charge in [0, 0.05) is 22.8 Å². The minimum Gasteiger partial charge on any atom is -0.314 e. The Kier molecular flexibility index (Phi) is 6.05. The quantitative estimate of drug-likeness (QED) is 0.794. The molecule has 0 aliphatic carbocycles. The normalized spacial score (nSPS) is 12.5. The van der Waals surface area contributed by atoms with Crippen LogP contribution in [-0.2, 0) is 12.8 Å². The van der Waals surface area contributed by atoms with Gasteiger partial charge in [0.2, 0.25) is 0 Å². The summed E-state index contributed by atoms with van der Waals surface area (Å²) in [6.07, 6.45) is 6.39. The summed E-state index contributed by atoms with van der Waals surface area (Å²) in [5.41, 5.74) is 1.19. The van der Waals surface area contributed by atoms with Crippen molar-refractivity contribution in [1.82, 2.24) is 10.3 Å². The molecule has 2 nitrogen and oxygen atoms in total. The SMILES string of the molecule is CCCNC(CCc1ccccn1)Cc1cccs1. The van der Waals surface area contributed by atoms with Crippen molar-refractivity contribution in [3.05, 3.63) is 52.5 Å². The minimum atomic E-state index is 0.556. The van der Waals surface area contributed by atoms with E-state index < -0.39 is 0 Å². The van der Waals surface area contributed by atoms with Crippen LogP contribution in [0.1, 0.15) is 30.3 Å². The Bertz CT molecular complexity index is 439. The molecule has 0 spiro atoms.